The number of carbonyl (C=O) groups excluding carboxylic acids is 4. The van der Waals surface area contributed by atoms with E-state index >= 15 is 0 Å². The number of amides is 3. The van der Waals surface area contributed by atoms with Crippen molar-refractivity contribution in [1.82, 2.24) is 20.2 Å². The zero-order valence-electron chi connectivity index (χ0n) is 20.9. The minimum absolute atomic E-state index is 0.280. The summed E-state index contributed by atoms with van der Waals surface area (Å²) in [5, 5.41) is 2.76. The molecule has 0 radical (unpaired) electrons. The molecule has 10 nitrogen and oxygen atoms in total. The van der Waals surface area contributed by atoms with Gasteiger partial charge in [-0.2, -0.15) is 0 Å². The number of hydrogen-bond donors (Lipinski definition) is 3. The van der Waals surface area contributed by atoms with Gasteiger partial charge in [0, 0.05) is 30.5 Å². The number of carbonyl (C=O) groups is 4. The fraction of sp³-hybridized carbons (Fsp3) is 0.500. The highest BCUT2D eigenvalue weighted by Crippen LogP contribution is 2.26. The summed E-state index contributed by atoms with van der Waals surface area (Å²) in [6.07, 6.45) is 7.53. The molecule has 10 heteroatoms. The Hall–Kier alpha value is -3.53. The number of imidazole rings is 1. The van der Waals surface area contributed by atoms with Crippen LogP contribution in [0.2, 0.25) is 0 Å². The molecule has 0 aliphatic carbocycles. The van der Waals surface area contributed by atoms with Gasteiger partial charge in [-0.3, -0.25) is 19.3 Å². The standard InChI is InChI=1S/C26H36N6O4/c1-3-4-9-19(16-33)30-24(34)18(2)32(21-10-6-5-7-11-21)26(36)23-12-8-13-31(23)25(35)22(27)14-20-15-28-17-29-20/h5-7,10-11,15-19,22-23H,3-4,8-9,12-14,27H2,1-2H3,(H,28,29)(H,30,34). The molecule has 4 unspecified atom stereocenters. The minimum Gasteiger partial charge on any atom is -0.348 e. The second kappa shape index (κ2) is 13.0. The van der Waals surface area contributed by atoms with E-state index in [1.807, 2.05) is 13.0 Å². The Balaban J connectivity index is 1.80. The molecule has 36 heavy (non-hydrogen) atoms. The summed E-state index contributed by atoms with van der Waals surface area (Å²) in [6, 6.07) is 5.84. The van der Waals surface area contributed by atoms with Gasteiger partial charge in [0.05, 0.1) is 18.4 Å². The second-order valence-corrected chi connectivity index (χ2v) is 9.19. The lowest BCUT2D eigenvalue weighted by atomic mass is 10.1. The number of rotatable bonds is 12. The molecule has 2 aromatic rings. The van der Waals surface area contributed by atoms with Gasteiger partial charge in [-0.1, -0.05) is 38.0 Å². The number of nitrogens with one attached hydrogen (secondary N) is 2. The van der Waals surface area contributed by atoms with Crippen molar-refractivity contribution in [3.05, 3.63) is 48.5 Å². The molecule has 3 rings (SSSR count). The summed E-state index contributed by atoms with van der Waals surface area (Å²) in [7, 11) is 0. The Bertz CT molecular complexity index is 1010. The third-order valence-electron chi connectivity index (χ3n) is 6.53. The monoisotopic (exact) mass is 496 g/mol. The molecule has 4 N–H and O–H groups in total. The van der Waals surface area contributed by atoms with Crippen LogP contribution >= 0.6 is 0 Å². The van der Waals surface area contributed by atoms with E-state index in [4.69, 9.17) is 5.73 Å². The molecule has 0 spiro atoms. The van der Waals surface area contributed by atoms with E-state index in [0.29, 0.717) is 31.5 Å². The van der Waals surface area contributed by atoms with Gasteiger partial charge in [0.25, 0.3) is 5.91 Å². The molecular formula is C26H36N6O4. The fourth-order valence-electron chi connectivity index (χ4n) is 4.53. The summed E-state index contributed by atoms with van der Waals surface area (Å²) in [6.45, 7) is 4.06. The maximum absolute atomic E-state index is 13.9. The molecule has 0 saturated carbocycles. The SMILES string of the molecule is CCCCC(C=O)NC(=O)C(C)N(C(=O)C1CCCN1C(=O)C(N)Cc1cnc[nH]1)c1ccccc1. The van der Waals surface area contributed by atoms with Crippen LogP contribution in [-0.4, -0.2) is 69.6 Å². The molecular weight excluding hydrogens is 460 g/mol. The molecule has 2 heterocycles. The molecule has 3 amide bonds. The summed E-state index contributed by atoms with van der Waals surface area (Å²) in [5.74, 6) is -1.09. The average molecular weight is 497 g/mol. The van der Waals surface area contributed by atoms with E-state index in [0.717, 1.165) is 24.8 Å². The molecule has 194 valence electrons. The van der Waals surface area contributed by atoms with Crippen LogP contribution in [0.15, 0.2) is 42.9 Å². The first-order chi connectivity index (χ1) is 17.4. The van der Waals surface area contributed by atoms with Crippen LogP contribution in [0.4, 0.5) is 5.69 Å². The van der Waals surface area contributed by atoms with E-state index in [-0.39, 0.29) is 18.2 Å². The van der Waals surface area contributed by atoms with Crippen LogP contribution in [0.3, 0.4) is 0 Å². The molecule has 1 aromatic carbocycles. The first-order valence-corrected chi connectivity index (χ1v) is 12.5. The van der Waals surface area contributed by atoms with Crippen molar-refractivity contribution in [2.75, 3.05) is 11.4 Å². The van der Waals surface area contributed by atoms with Gasteiger partial charge >= 0.3 is 0 Å². The number of nitrogens with zero attached hydrogens (tertiary/aromatic N) is 3. The van der Waals surface area contributed by atoms with E-state index in [9.17, 15) is 19.2 Å². The summed E-state index contributed by atoms with van der Waals surface area (Å²) in [4.78, 5) is 61.6. The number of likely N-dealkylation sites (tertiary alicyclic amines) is 1. The number of aldehydes is 1. The number of unbranched alkanes of at least 4 members (excludes halogenated alkanes) is 1. The van der Waals surface area contributed by atoms with Crippen molar-refractivity contribution >= 4 is 29.7 Å². The Morgan fingerprint density at radius 2 is 2.06 bits per heavy atom. The van der Waals surface area contributed by atoms with Gasteiger partial charge in [0.1, 0.15) is 18.4 Å². The first-order valence-electron chi connectivity index (χ1n) is 12.5. The van der Waals surface area contributed by atoms with Crippen LogP contribution in [0.25, 0.3) is 0 Å². The Kier molecular flexibility index (Phi) is 9.75. The second-order valence-electron chi connectivity index (χ2n) is 9.19. The van der Waals surface area contributed by atoms with Gasteiger partial charge in [0.2, 0.25) is 11.8 Å². The summed E-state index contributed by atoms with van der Waals surface area (Å²) >= 11 is 0. The Morgan fingerprint density at radius 3 is 2.69 bits per heavy atom. The van der Waals surface area contributed by atoms with Crippen molar-refractivity contribution in [2.45, 2.75) is 76.5 Å². The van der Waals surface area contributed by atoms with Gasteiger partial charge in [0.15, 0.2) is 0 Å². The number of aromatic nitrogens is 2. The normalized spacial score (nSPS) is 17.8. The van der Waals surface area contributed by atoms with Crippen molar-refractivity contribution in [3.63, 3.8) is 0 Å². The zero-order chi connectivity index (χ0) is 26.1. The van der Waals surface area contributed by atoms with Gasteiger partial charge in [-0.15, -0.1) is 0 Å². The van der Waals surface area contributed by atoms with Gasteiger partial charge in [-0.05, 0) is 38.3 Å². The summed E-state index contributed by atoms with van der Waals surface area (Å²) in [5.41, 5.74) is 7.48. The highest BCUT2D eigenvalue weighted by atomic mass is 16.2. The number of anilines is 1. The smallest absolute Gasteiger partial charge is 0.250 e. The van der Waals surface area contributed by atoms with Crippen LogP contribution < -0.4 is 16.0 Å². The Labute approximate surface area is 211 Å². The topological polar surface area (TPSA) is 141 Å². The van der Waals surface area contributed by atoms with E-state index < -0.39 is 30.1 Å². The maximum Gasteiger partial charge on any atom is 0.250 e. The van der Waals surface area contributed by atoms with E-state index in [1.165, 1.54) is 16.1 Å². The molecule has 1 aromatic heterocycles. The quantitative estimate of drug-likeness (QED) is 0.381. The lowest BCUT2D eigenvalue weighted by Crippen LogP contribution is -2.57. The number of benzene rings is 1. The summed E-state index contributed by atoms with van der Waals surface area (Å²) < 4.78 is 0. The molecule has 1 saturated heterocycles. The fourth-order valence-corrected chi connectivity index (χ4v) is 4.53. The maximum atomic E-state index is 13.9. The van der Waals surface area contributed by atoms with E-state index in [1.54, 1.807) is 37.4 Å². The Morgan fingerprint density at radius 1 is 1.31 bits per heavy atom. The highest BCUT2D eigenvalue weighted by molar-refractivity contribution is 6.05. The lowest BCUT2D eigenvalue weighted by molar-refractivity contribution is -0.139. The van der Waals surface area contributed by atoms with Crippen molar-refractivity contribution in [1.29, 1.82) is 0 Å². The zero-order valence-corrected chi connectivity index (χ0v) is 20.9. The lowest BCUT2D eigenvalue weighted by Gasteiger charge is -2.34. The first kappa shape index (κ1) is 27.1. The number of nitrogens with two attached hydrogens (primary N) is 1. The number of H-pyrrole nitrogens is 1. The number of para-hydroxylation sites is 1. The number of hydrogen-bond acceptors (Lipinski definition) is 6. The van der Waals surface area contributed by atoms with Gasteiger partial charge < -0.3 is 25.7 Å². The largest absolute Gasteiger partial charge is 0.348 e. The molecule has 0 bridgehead atoms. The van der Waals surface area contributed by atoms with Crippen molar-refractivity contribution < 1.29 is 19.2 Å². The average Bonchev–Trinajstić information content (AvgIpc) is 3.59. The molecule has 4 atom stereocenters. The minimum atomic E-state index is -0.889. The highest BCUT2D eigenvalue weighted by Gasteiger charge is 2.41. The van der Waals surface area contributed by atoms with Gasteiger partial charge in [-0.25, -0.2) is 4.98 Å². The van der Waals surface area contributed by atoms with Crippen LogP contribution in [0, 0.1) is 0 Å². The van der Waals surface area contributed by atoms with Crippen LogP contribution in [0.5, 0.6) is 0 Å². The third kappa shape index (κ3) is 6.57. The predicted octanol–water partition coefficient (Wildman–Crippen LogP) is 1.57. The van der Waals surface area contributed by atoms with Crippen molar-refractivity contribution in [2.24, 2.45) is 5.73 Å². The molecule has 1 aliphatic heterocycles. The third-order valence-corrected chi connectivity index (χ3v) is 6.53. The van der Waals surface area contributed by atoms with Crippen LogP contribution in [0.1, 0.15) is 51.6 Å². The van der Waals surface area contributed by atoms with Crippen molar-refractivity contribution in [3.8, 4) is 0 Å². The molecule has 1 aliphatic rings. The number of aromatic amines is 1. The van der Waals surface area contributed by atoms with E-state index in [2.05, 4.69) is 15.3 Å². The molecule has 1 fully saturated rings. The predicted molar refractivity (Wildman–Crippen MR) is 136 cm³/mol. The van der Waals surface area contributed by atoms with Crippen LogP contribution in [-0.2, 0) is 25.6 Å².